The maximum Gasteiger partial charge on any atom is 0.272 e. The lowest BCUT2D eigenvalue weighted by molar-refractivity contribution is -0.188. The van der Waals surface area contributed by atoms with E-state index in [4.69, 9.17) is 8.92 Å². The summed E-state index contributed by atoms with van der Waals surface area (Å²) in [6, 6.07) is 0. The molecule has 1 aliphatic heterocycles. The molecule has 5 heteroatoms. The molecule has 1 heterocycles. The molecule has 0 spiro atoms. The summed E-state index contributed by atoms with van der Waals surface area (Å²) in [6.07, 6.45) is 11.1. The first-order valence-corrected chi connectivity index (χ1v) is 10.6. The largest absolute Gasteiger partial charge is 0.348 e. The van der Waals surface area contributed by atoms with Crippen LogP contribution in [0.5, 0.6) is 0 Å². The summed E-state index contributed by atoms with van der Waals surface area (Å²) in [5.41, 5.74) is -0.205. The molecule has 2 aliphatic rings. The third-order valence-corrected chi connectivity index (χ3v) is 7.35. The number of fused-ring (bicyclic) bond motifs is 1. The molecule has 0 N–H and O–H groups in total. The molecule has 0 bridgehead atoms. The van der Waals surface area contributed by atoms with Gasteiger partial charge in [-0.2, -0.15) is 8.42 Å². The fourth-order valence-electron chi connectivity index (χ4n) is 4.13. The van der Waals surface area contributed by atoms with Crippen molar-refractivity contribution < 1.29 is 17.3 Å². The Labute approximate surface area is 141 Å². The van der Waals surface area contributed by atoms with Gasteiger partial charge in [0.25, 0.3) is 10.1 Å². The summed E-state index contributed by atoms with van der Waals surface area (Å²) in [5.74, 6) is -0.947. The molecule has 3 atom stereocenters. The van der Waals surface area contributed by atoms with E-state index in [1.54, 1.807) is 6.92 Å². The van der Waals surface area contributed by atoms with Gasteiger partial charge in [-0.05, 0) is 39.0 Å². The van der Waals surface area contributed by atoms with Crippen LogP contribution in [0.2, 0.25) is 0 Å². The van der Waals surface area contributed by atoms with Crippen LogP contribution in [0.1, 0.15) is 78.1 Å². The van der Waals surface area contributed by atoms with Crippen molar-refractivity contribution in [1.29, 1.82) is 0 Å². The van der Waals surface area contributed by atoms with Crippen LogP contribution in [0.25, 0.3) is 0 Å². The molecule has 0 aromatic carbocycles. The molecule has 0 amide bonds. The van der Waals surface area contributed by atoms with Crippen LogP contribution in [0.15, 0.2) is 12.7 Å². The highest BCUT2D eigenvalue weighted by Gasteiger charge is 2.62. The summed E-state index contributed by atoms with van der Waals surface area (Å²) in [5, 5.41) is -0.472. The van der Waals surface area contributed by atoms with E-state index in [0.29, 0.717) is 19.4 Å². The van der Waals surface area contributed by atoms with Crippen LogP contribution in [-0.4, -0.2) is 26.1 Å². The summed E-state index contributed by atoms with van der Waals surface area (Å²) >= 11 is 0. The predicted molar refractivity (Wildman–Crippen MR) is 92.6 cm³/mol. The standard InChI is InChI=1S/C18H32O4S/c1-4-6-7-8-10-16(3)23(19,20)22-18-13-9-12-17(18,11-5-2)14-15-21-18/h5,16H,2,4,6-15H2,1,3H3. The molecule has 0 radical (unpaired) electrons. The van der Waals surface area contributed by atoms with Crippen LogP contribution >= 0.6 is 0 Å². The molecule has 2 fully saturated rings. The third kappa shape index (κ3) is 3.83. The van der Waals surface area contributed by atoms with Gasteiger partial charge in [0.15, 0.2) is 5.79 Å². The zero-order chi connectivity index (χ0) is 17.0. The highest BCUT2D eigenvalue weighted by atomic mass is 32.2. The number of hydrogen-bond donors (Lipinski definition) is 0. The average molecular weight is 345 g/mol. The molecule has 1 saturated carbocycles. The van der Waals surface area contributed by atoms with Crippen LogP contribution < -0.4 is 0 Å². The molecule has 2 rings (SSSR count). The van der Waals surface area contributed by atoms with Gasteiger partial charge in [0.2, 0.25) is 0 Å². The number of hydrogen-bond acceptors (Lipinski definition) is 4. The van der Waals surface area contributed by atoms with Gasteiger partial charge in [0.05, 0.1) is 11.9 Å². The van der Waals surface area contributed by atoms with Crippen molar-refractivity contribution in [3.63, 3.8) is 0 Å². The second kappa shape index (κ2) is 7.66. The van der Waals surface area contributed by atoms with Gasteiger partial charge in [0, 0.05) is 11.8 Å². The molecule has 4 nitrogen and oxygen atoms in total. The normalized spacial score (nSPS) is 31.9. The van der Waals surface area contributed by atoms with Gasteiger partial charge in [-0.15, -0.1) is 6.58 Å². The molecule has 3 unspecified atom stereocenters. The average Bonchev–Trinajstić information content (AvgIpc) is 2.97. The Balaban J connectivity index is 2.05. The second-order valence-electron chi connectivity index (χ2n) is 7.21. The van der Waals surface area contributed by atoms with E-state index in [1.807, 2.05) is 6.08 Å². The zero-order valence-electron chi connectivity index (χ0n) is 14.7. The van der Waals surface area contributed by atoms with E-state index in [-0.39, 0.29) is 5.41 Å². The molecule has 0 aromatic heterocycles. The minimum atomic E-state index is -3.61. The first kappa shape index (κ1) is 18.9. The topological polar surface area (TPSA) is 52.6 Å². The lowest BCUT2D eigenvalue weighted by Gasteiger charge is -2.38. The summed E-state index contributed by atoms with van der Waals surface area (Å²) in [7, 11) is -3.61. The van der Waals surface area contributed by atoms with E-state index in [2.05, 4.69) is 13.5 Å². The van der Waals surface area contributed by atoms with Gasteiger partial charge in [-0.3, -0.25) is 0 Å². The number of allylic oxidation sites excluding steroid dienone is 1. The van der Waals surface area contributed by atoms with E-state index in [0.717, 1.165) is 51.4 Å². The van der Waals surface area contributed by atoms with E-state index >= 15 is 0 Å². The maximum absolute atomic E-state index is 12.7. The lowest BCUT2D eigenvalue weighted by Crippen LogP contribution is -2.46. The fraction of sp³-hybridized carbons (Fsp3) is 0.889. The van der Waals surface area contributed by atoms with E-state index < -0.39 is 21.2 Å². The Morgan fingerprint density at radius 1 is 1.26 bits per heavy atom. The van der Waals surface area contributed by atoms with Gasteiger partial charge < -0.3 is 4.74 Å². The van der Waals surface area contributed by atoms with Crippen molar-refractivity contribution in [2.75, 3.05) is 6.61 Å². The van der Waals surface area contributed by atoms with Crippen LogP contribution in [-0.2, 0) is 19.0 Å². The SMILES string of the molecule is C=CCC12CCCC1(OS(=O)(=O)C(C)CCCCCC)OCC2. The van der Waals surface area contributed by atoms with Crippen LogP contribution in [0, 0.1) is 5.41 Å². The first-order valence-electron chi connectivity index (χ1n) is 9.11. The molecule has 0 aromatic rings. The highest BCUT2D eigenvalue weighted by Crippen LogP contribution is 2.58. The fourth-order valence-corrected chi connectivity index (χ4v) is 5.43. The van der Waals surface area contributed by atoms with Crippen molar-refractivity contribution in [2.45, 2.75) is 89.1 Å². The Hall–Kier alpha value is -0.390. The highest BCUT2D eigenvalue weighted by molar-refractivity contribution is 7.87. The maximum atomic E-state index is 12.7. The molecular formula is C18H32O4S. The summed E-state index contributed by atoms with van der Waals surface area (Å²) in [6.45, 7) is 8.33. The molecule has 1 saturated heterocycles. The van der Waals surface area contributed by atoms with E-state index in [1.165, 1.54) is 0 Å². The smallest absolute Gasteiger partial charge is 0.272 e. The lowest BCUT2D eigenvalue weighted by atomic mass is 9.77. The Morgan fingerprint density at radius 3 is 2.74 bits per heavy atom. The van der Waals surface area contributed by atoms with Crippen molar-refractivity contribution in [1.82, 2.24) is 0 Å². The van der Waals surface area contributed by atoms with Gasteiger partial charge in [-0.1, -0.05) is 38.7 Å². The van der Waals surface area contributed by atoms with Crippen molar-refractivity contribution in [3.05, 3.63) is 12.7 Å². The first-order chi connectivity index (χ1) is 10.9. The Kier molecular flexibility index (Phi) is 6.31. The Morgan fingerprint density at radius 2 is 2.04 bits per heavy atom. The number of unbranched alkanes of at least 4 members (excludes halogenated alkanes) is 3. The van der Waals surface area contributed by atoms with E-state index in [9.17, 15) is 8.42 Å². The summed E-state index contributed by atoms with van der Waals surface area (Å²) < 4.78 is 37.1. The monoisotopic (exact) mass is 344 g/mol. The Bertz CT molecular complexity index is 487. The second-order valence-corrected chi connectivity index (χ2v) is 9.17. The minimum absolute atomic E-state index is 0.205. The number of ether oxygens (including phenoxy) is 1. The molecule has 1 aliphatic carbocycles. The molecule has 134 valence electrons. The van der Waals surface area contributed by atoms with Gasteiger partial charge in [0.1, 0.15) is 0 Å². The van der Waals surface area contributed by atoms with Crippen molar-refractivity contribution in [2.24, 2.45) is 5.41 Å². The third-order valence-electron chi connectivity index (χ3n) is 5.63. The molecule has 23 heavy (non-hydrogen) atoms. The quantitative estimate of drug-likeness (QED) is 0.331. The minimum Gasteiger partial charge on any atom is -0.348 e. The van der Waals surface area contributed by atoms with Crippen molar-refractivity contribution in [3.8, 4) is 0 Å². The number of rotatable bonds is 10. The predicted octanol–water partition coefficient (Wildman–Crippen LogP) is 4.55. The van der Waals surface area contributed by atoms with Crippen LogP contribution in [0.4, 0.5) is 0 Å². The molecular weight excluding hydrogens is 312 g/mol. The zero-order valence-corrected chi connectivity index (χ0v) is 15.5. The van der Waals surface area contributed by atoms with Crippen molar-refractivity contribution >= 4 is 10.1 Å². The van der Waals surface area contributed by atoms with Crippen LogP contribution in [0.3, 0.4) is 0 Å². The van der Waals surface area contributed by atoms with Gasteiger partial charge >= 0.3 is 0 Å². The van der Waals surface area contributed by atoms with Gasteiger partial charge in [-0.25, -0.2) is 4.18 Å². The summed E-state index contributed by atoms with van der Waals surface area (Å²) in [4.78, 5) is 0.